The normalized spacial score (nSPS) is 10.4. The molecule has 3 aromatic carbocycles. The Labute approximate surface area is 182 Å². The first-order chi connectivity index (χ1) is 15.2. The summed E-state index contributed by atoms with van der Waals surface area (Å²) in [5.41, 5.74) is 2.43. The number of carbonyl (C=O) groups is 2. The van der Waals surface area contributed by atoms with Crippen LogP contribution in [-0.4, -0.2) is 31.6 Å². The summed E-state index contributed by atoms with van der Waals surface area (Å²) in [6.07, 6.45) is 0. The third kappa shape index (κ3) is 6.69. The second kappa shape index (κ2) is 11.5. The van der Waals surface area contributed by atoms with Gasteiger partial charge in [0.25, 0.3) is 11.8 Å². The maximum absolute atomic E-state index is 12.8. The molecule has 0 saturated carbocycles. The molecule has 2 amide bonds. The second-order valence-corrected chi connectivity index (χ2v) is 6.74. The molecular formula is C25H26N2O4. The molecule has 2 N–H and O–H groups in total. The Hall–Kier alpha value is -3.64. The molecule has 0 atom stereocenters. The number of amides is 2. The van der Waals surface area contributed by atoms with Crippen molar-refractivity contribution in [2.24, 2.45) is 0 Å². The minimum Gasteiger partial charge on any atom is -0.490 e. The zero-order valence-corrected chi connectivity index (χ0v) is 17.5. The lowest BCUT2D eigenvalue weighted by atomic mass is 10.1. The van der Waals surface area contributed by atoms with Crippen molar-refractivity contribution in [1.82, 2.24) is 5.32 Å². The van der Waals surface area contributed by atoms with Gasteiger partial charge in [0, 0.05) is 24.4 Å². The van der Waals surface area contributed by atoms with Crippen LogP contribution in [0.2, 0.25) is 0 Å². The van der Waals surface area contributed by atoms with Crippen molar-refractivity contribution in [3.63, 3.8) is 0 Å². The topological polar surface area (TPSA) is 76.7 Å². The highest BCUT2D eigenvalue weighted by Gasteiger charge is 2.13. The average molecular weight is 418 g/mol. The molecule has 6 heteroatoms. The molecule has 0 aromatic heterocycles. The number of para-hydroxylation sites is 1. The summed E-state index contributed by atoms with van der Waals surface area (Å²) in [6.45, 7) is 3.77. The van der Waals surface area contributed by atoms with E-state index in [1.807, 2.05) is 43.3 Å². The van der Waals surface area contributed by atoms with Crippen molar-refractivity contribution in [3.8, 4) is 5.75 Å². The summed E-state index contributed by atoms with van der Waals surface area (Å²) in [7, 11) is 0. The van der Waals surface area contributed by atoms with Gasteiger partial charge in [0.1, 0.15) is 12.4 Å². The highest BCUT2D eigenvalue weighted by molar-refractivity contribution is 6.06. The number of hydrogen-bond donors (Lipinski definition) is 2. The number of benzene rings is 3. The van der Waals surface area contributed by atoms with Gasteiger partial charge in [-0.15, -0.1) is 0 Å². The van der Waals surface area contributed by atoms with Gasteiger partial charge in [-0.25, -0.2) is 0 Å². The summed E-state index contributed by atoms with van der Waals surface area (Å²) in [6, 6.07) is 23.5. The van der Waals surface area contributed by atoms with Gasteiger partial charge in [-0.1, -0.05) is 48.5 Å². The number of hydrogen-bond acceptors (Lipinski definition) is 4. The summed E-state index contributed by atoms with van der Waals surface area (Å²) < 4.78 is 11.0. The quantitative estimate of drug-likeness (QED) is 0.482. The van der Waals surface area contributed by atoms with Gasteiger partial charge in [-0.3, -0.25) is 9.59 Å². The minimum atomic E-state index is -0.311. The van der Waals surface area contributed by atoms with Crippen molar-refractivity contribution in [2.75, 3.05) is 25.1 Å². The first-order valence-corrected chi connectivity index (χ1v) is 10.2. The first kappa shape index (κ1) is 22.1. The van der Waals surface area contributed by atoms with Crippen LogP contribution < -0.4 is 15.4 Å². The van der Waals surface area contributed by atoms with E-state index in [2.05, 4.69) is 10.6 Å². The van der Waals surface area contributed by atoms with E-state index < -0.39 is 0 Å². The van der Waals surface area contributed by atoms with E-state index >= 15 is 0 Å². The van der Waals surface area contributed by atoms with Crippen LogP contribution >= 0.6 is 0 Å². The van der Waals surface area contributed by atoms with Crippen LogP contribution in [0, 0.1) is 0 Å². The smallest absolute Gasteiger partial charge is 0.259 e. The molecule has 0 heterocycles. The van der Waals surface area contributed by atoms with Gasteiger partial charge >= 0.3 is 0 Å². The van der Waals surface area contributed by atoms with Crippen molar-refractivity contribution < 1.29 is 19.1 Å². The summed E-state index contributed by atoms with van der Waals surface area (Å²) in [4.78, 5) is 25.3. The maximum atomic E-state index is 12.8. The minimum absolute atomic E-state index is 0.209. The predicted octanol–water partition coefficient (Wildman–Crippen LogP) is 4.28. The van der Waals surface area contributed by atoms with Gasteiger partial charge in [-0.05, 0) is 42.8 Å². The van der Waals surface area contributed by atoms with E-state index in [-0.39, 0.29) is 11.8 Å². The third-order valence-electron chi connectivity index (χ3n) is 4.50. The molecule has 6 nitrogen and oxygen atoms in total. The Morgan fingerprint density at radius 1 is 0.839 bits per heavy atom. The maximum Gasteiger partial charge on any atom is 0.259 e. The zero-order valence-electron chi connectivity index (χ0n) is 17.5. The van der Waals surface area contributed by atoms with Crippen LogP contribution in [-0.2, 0) is 11.3 Å². The Kier molecular flexibility index (Phi) is 8.20. The third-order valence-corrected chi connectivity index (χ3v) is 4.50. The molecule has 3 rings (SSSR count). The fraction of sp³-hybridized carbons (Fsp3) is 0.200. The molecule has 0 saturated heterocycles. The van der Waals surface area contributed by atoms with Gasteiger partial charge in [0.2, 0.25) is 0 Å². The van der Waals surface area contributed by atoms with Crippen LogP contribution in [0.5, 0.6) is 5.75 Å². The van der Waals surface area contributed by atoms with Crippen LogP contribution in [0.15, 0.2) is 78.9 Å². The molecule has 0 aliphatic heterocycles. The van der Waals surface area contributed by atoms with E-state index in [1.54, 1.807) is 42.5 Å². The van der Waals surface area contributed by atoms with Gasteiger partial charge in [-0.2, -0.15) is 0 Å². The van der Waals surface area contributed by atoms with Gasteiger partial charge in [0.05, 0.1) is 12.2 Å². The number of anilines is 1. The zero-order chi connectivity index (χ0) is 21.9. The molecule has 160 valence electrons. The van der Waals surface area contributed by atoms with E-state index in [1.165, 1.54) is 0 Å². The molecule has 3 aromatic rings. The monoisotopic (exact) mass is 418 g/mol. The van der Waals surface area contributed by atoms with E-state index in [0.29, 0.717) is 48.9 Å². The predicted molar refractivity (Wildman–Crippen MR) is 120 cm³/mol. The Balaban J connectivity index is 1.63. The fourth-order valence-electron chi connectivity index (χ4n) is 2.95. The highest BCUT2D eigenvalue weighted by atomic mass is 16.5. The Morgan fingerprint density at radius 2 is 1.61 bits per heavy atom. The van der Waals surface area contributed by atoms with Crippen LogP contribution in [0.4, 0.5) is 5.69 Å². The van der Waals surface area contributed by atoms with E-state index in [4.69, 9.17) is 9.47 Å². The lowest BCUT2D eigenvalue weighted by Gasteiger charge is -2.12. The summed E-state index contributed by atoms with van der Waals surface area (Å²) in [5, 5.41) is 5.73. The fourth-order valence-corrected chi connectivity index (χ4v) is 2.95. The lowest BCUT2D eigenvalue weighted by molar-refractivity contribution is 0.0949. The van der Waals surface area contributed by atoms with Crippen molar-refractivity contribution in [3.05, 3.63) is 95.6 Å². The van der Waals surface area contributed by atoms with Crippen molar-refractivity contribution in [1.29, 1.82) is 0 Å². The molecule has 0 unspecified atom stereocenters. The Morgan fingerprint density at radius 3 is 2.42 bits per heavy atom. The van der Waals surface area contributed by atoms with Gasteiger partial charge in [0.15, 0.2) is 0 Å². The Bertz CT molecular complexity index is 1010. The largest absolute Gasteiger partial charge is 0.490 e. The lowest BCUT2D eigenvalue weighted by Crippen LogP contribution is -2.23. The molecule has 0 spiro atoms. The van der Waals surface area contributed by atoms with Gasteiger partial charge < -0.3 is 20.1 Å². The average Bonchev–Trinajstić information content (AvgIpc) is 2.81. The summed E-state index contributed by atoms with van der Waals surface area (Å²) in [5.74, 6) is -0.0371. The van der Waals surface area contributed by atoms with E-state index in [0.717, 1.165) is 5.56 Å². The number of carbonyl (C=O) groups excluding carboxylic acids is 2. The van der Waals surface area contributed by atoms with Crippen LogP contribution in [0.25, 0.3) is 0 Å². The number of nitrogens with one attached hydrogen (secondary N) is 2. The van der Waals surface area contributed by atoms with Crippen LogP contribution in [0.3, 0.4) is 0 Å². The molecule has 0 aliphatic carbocycles. The highest BCUT2D eigenvalue weighted by Crippen LogP contribution is 2.20. The SMILES string of the molecule is CCOCCOc1ccccc1C(=O)Nc1cccc(C(=O)NCc2ccccc2)c1. The number of rotatable bonds is 10. The van der Waals surface area contributed by atoms with Crippen LogP contribution in [0.1, 0.15) is 33.2 Å². The second-order valence-electron chi connectivity index (χ2n) is 6.74. The summed E-state index contributed by atoms with van der Waals surface area (Å²) >= 11 is 0. The molecule has 0 bridgehead atoms. The first-order valence-electron chi connectivity index (χ1n) is 10.2. The molecule has 31 heavy (non-hydrogen) atoms. The molecular weight excluding hydrogens is 392 g/mol. The number of ether oxygens (including phenoxy) is 2. The molecule has 0 radical (unpaired) electrons. The van der Waals surface area contributed by atoms with E-state index in [9.17, 15) is 9.59 Å². The van der Waals surface area contributed by atoms with Crippen molar-refractivity contribution in [2.45, 2.75) is 13.5 Å². The molecule has 0 aliphatic rings. The standard InChI is InChI=1S/C25H26N2O4/c1-2-30-15-16-31-23-14-7-6-13-22(23)25(29)27-21-12-8-11-20(17-21)24(28)26-18-19-9-4-3-5-10-19/h3-14,17H,2,15-16,18H2,1H3,(H,26,28)(H,27,29). The molecule has 0 fully saturated rings. The van der Waals surface area contributed by atoms with Crippen molar-refractivity contribution >= 4 is 17.5 Å².